The van der Waals surface area contributed by atoms with Crippen LogP contribution in [0, 0.1) is 34.5 Å². The number of halogens is 3. The highest BCUT2D eigenvalue weighted by atomic mass is 19.1. The SMILES string of the molecule is CC1C[C@H]2[C@@H]3C[C@H](F)C4=CC(=O)C=C[C@]4(C)[C@@]3(F)[C@@H](O)C[C@]2(C)[C@@]1(OC(=O)C1CCCCC1)C(=O)OCF. The molecule has 0 saturated heterocycles. The van der Waals surface area contributed by atoms with E-state index in [1.165, 1.54) is 19.1 Å². The lowest BCUT2D eigenvalue weighted by Gasteiger charge is -2.63. The van der Waals surface area contributed by atoms with E-state index in [2.05, 4.69) is 0 Å². The fourth-order valence-electron chi connectivity index (χ4n) is 8.95. The summed E-state index contributed by atoms with van der Waals surface area (Å²) in [4.78, 5) is 39.0. The molecule has 4 saturated carbocycles. The first-order valence-corrected chi connectivity index (χ1v) is 13.8. The van der Waals surface area contributed by atoms with E-state index in [0.717, 1.165) is 25.3 Å². The van der Waals surface area contributed by atoms with Gasteiger partial charge in [0.1, 0.15) is 6.17 Å². The minimum absolute atomic E-state index is 0.00396. The fourth-order valence-corrected chi connectivity index (χ4v) is 8.95. The third-order valence-electron chi connectivity index (χ3n) is 10.9. The largest absolute Gasteiger partial charge is 0.446 e. The standard InChI is InChI=1S/C29H37F3O6/c1-16-11-19-20-13-22(31)21-12-18(33)9-10-26(21,2)28(20,32)23(34)14-27(19,3)29(16,25(36)37-15-30)38-24(35)17-7-5-4-6-8-17/h9-10,12,16-17,19-20,22-23,34H,4-8,11,13-15H2,1-3H3/t16?,19-,20-,22-,23-,26-,27-,28-,29-/m0/s1. The first-order valence-electron chi connectivity index (χ1n) is 13.8. The van der Waals surface area contributed by atoms with Gasteiger partial charge in [-0.3, -0.25) is 9.59 Å². The van der Waals surface area contributed by atoms with Gasteiger partial charge in [-0.25, -0.2) is 18.0 Å². The van der Waals surface area contributed by atoms with Crippen molar-refractivity contribution < 1.29 is 42.1 Å². The average Bonchev–Trinajstić information content (AvgIpc) is 3.10. The second-order valence-corrected chi connectivity index (χ2v) is 12.5. The summed E-state index contributed by atoms with van der Waals surface area (Å²) in [5, 5.41) is 11.5. The molecule has 5 aliphatic rings. The molecule has 1 unspecified atom stereocenters. The smallest absolute Gasteiger partial charge is 0.353 e. The quantitative estimate of drug-likeness (QED) is 0.513. The van der Waals surface area contributed by atoms with Crippen molar-refractivity contribution in [3.8, 4) is 0 Å². The summed E-state index contributed by atoms with van der Waals surface area (Å²) >= 11 is 0. The topological polar surface area (TPSA) is 89.9 Å². The number of hydrogen-bond acceptors (Lipinski definition) is 6. The molecule has 0 aromatic rings. The Balaban J connectivity index is 1.59. The van der Waals surface area contributed by atoms with E-state index in [0.29, 0.717) is 12.8 Å². The lowest BCUT2D eigenvalue weighted by Crippen LogP contribution is -2.71. The molecule has 38 heavy (non-hydrogen) atoms. The minimum Gasteiger partial charge on any atom is -0.446 e. The molecule has 0 aromatic heterocycles. The van der Waals surface area contributed by atoms with Gasteiger partial charge in [-0.1, -0.05) is 39.2 Å². The lowest BCUT2D eigenvalue weighted by atomic mass is 9.44. The third-order valence-corrected chi connectivity index (χ3v) is 10.9. The van der Waals surface area contributed by atoms with Crippen molar-refractivity contribution in [1.29, 1.82) is 0 Å². The van der Waals surface area contributed by atoms with Crippen molar-refractivity contribution in [2.45, 2.75) is 95.7 Å². The molecule has 6 nitrogen and oxygen atoms in total. The van der Waals surface area contributed by atoms with Crippen molar-refractivity contribution in [1.82, 2.24) is 0 Å². The average molecular weight is 539 g/mol. The second kappa shape index (κ2) is 9.20. The maximum absolute atomic E-state index is 17.4. The van der Waals surface area contributed by atoms with Crippen molar-refractivity contribution in [2.75, 3.05) is 6.86 Å². The van der Waals surface area contributed by atoms with Crippen molar-refractivity contribution >= 4 is 17.7 Å². The van der Waals surface area contributed by atoms with Crippen LogP contribution in [0.3, 0.4) is 0 Å². The molecule has 9 atom stereocenters. The summed E-state index contributed by atoms with van der Waals surface area (Å²) in [7, 11) is 0. The van der Waals surface area contributed by atoms with Crippen LogP contribution in [0.25, 0.3) is 0 Å². The van der Waals surface area contributed by atoms with Crippen LogP contribution in [-0.2, 0) is 23.9 Å². The molecular weight excluding hydrogens is 501 g/mol. The molecule has 1 N–H and O–H groups in total. The highest BCUT2D eigenvalue weighted by Crippen LogP contribution is 2.71. The fraction of sp³-hybridized carbons (Fsp3) is 0.759. The molecule has 9 heteroatoms. The molecule has 0 amide bonds. The predicted octanol–water partition coefficient (Wildman–Crippen LogP) is 4.88. The molecule has 0 aromatic carbocycles. The number of hydrogen-bond donors (Lipinski definition) is 1. The van der Waals surface area contributed by atoms with Crippen molar-refractivity contribution in [2.24, 2.45) is 34.5 Å². The van der Waals surface area contributed by atoms with Crippen molar-refractivity contribution in [3.05, 3.63) is 23.8 Å². The Bertz CT molecular complexity index is 1080. The normalized spacial score (nSPS) is 46.4. The number of carbonyl (C=O) groups excluding carboxylic acids is 3. The molecule has 0 bridgehead atoms. The van der Waals surface area contributed by atoms with Crippen LogP contribution < -0.4 is 0 Å². The van der Waals surface area contributed by atoms with E-state index < -0.39 is 82.6 Å². The molecule has 0 spiro atoms. The molecule has 210 valence electrons. The minimum atomic E-state index is -2.34. The summed E-state index contributed by atoms with van der Waals surface area (Å²) in [5.74, 6) is -4.90. The van der Waals surface area contributed by atoms with Gasteiger partial charge in [0.2, 0.25) is 12.5 Å². The molecule has 4 fully saturated rings. The first kappa shape index (κ1) is 27.4. The number of alkyl halides is 3. The molecule has 5 rings (SSSR count). The summed E-state index contributed by atoms with van der Waals surface area (Å²) in [6.07, 6.45) is 3.91. The lowest BCUT2D eigenvalue weighted by molar-refractivity contribution is -0.242. The van der Waals surface area contributed by atoms with Gasteiger partial charge >= 0.3 is 11.9 Å². The third kappa shape index (κ3) is 3.45. The summed E-state index contributed by atoms with van der Waals surface area (Å²) in [5.41, 5.74) is -7.20. The number of aliphatic hydroxyl groups is 1. The van der Waals surface area contributed by atoms with Crippen LogP contribution >= 0.6 is 0 Å². The van der Waals surface area contributed by atoms with Gasteiger partial charge in [0.05, 0.1) is 12.0 Å². The van der Waals surface area contributed by atoms with E-state index >= 15 is 8.78 Å². The number of ketones is 1. The number of esters is 2. The highest BCUT2D eigenvalue weighted by molar-refractivity contribution is 6.01. The van der Waals surface area contributed by atoms with Crippen LogP contribution in [0.15, 0.2) is 23.8 Å². The number of fused-ring (bicyclic) bond motifs is 5. The van der Waals surface area contributed by atoms with Gasteiger partial charge in [-0.05, 0) is 62.7 Å². The molecule has 5 aliphatic carbocycles. The van der Waals surface area contributed by atoms with Crippen molar-refractivity contribution in [3.63, 3.8) is 0 Å². The predicted molar refractivity (Wildman–Crippen MR) is 131 cm³/mol. The van der Waals surface area contributed by atoms with Crippen LogP contribution in [0.4, 0.5) is 13.2 Å². The number of carbonyl (C=O) groups is 3. The van der Waals surface area contributed by atoms with Gasteiger partial charge in [-0.15, -0.1) is 0 Å². The van der Waals surface area contributed by atoms with Gasteiger partial charge in [0, 0.05) is 22.7 Å². The van der Waals surface area contributed by atoms with E-state index in [-0.39, 0.29) is 24.8 Å². The zero-order valence-corrected chi connectivity index (χ0v) is 22.2. The van der Waals surface area contributed by atoms with Gasteiger partial charge in [0.15, 0.2) is 11.5 Å². The second-order valence-electron chi connectivity index (χ2n) is 12.5. The number of rotatable bonds is 4. The van der Waals surface area contributed by atoms with Gasteiger partial charge in [0.25, 0.3) is 0 Å². The maximum Gasteiger partial charge on any atom is 0.353 e. The van der Waals surface area contributed by atoms with E-state index in [1.807, 2.05) is 0 Å². The van der Waals surface area contributed by atoms with Gasteiger partial charge in [-0.2, -0.15) is 0 Å². The summed E-state index contributed by atoms with van der Waals surface area (Å²) in [6, 6.07) is 0. The zero-order valence-electron chi connectivity index (χ0n) is 22.2. The van der Waals surface area contributed by atoms with Crippen LogP contribution in [-0.4, -0.2) is 53.2 Å². The molecular formula is C29H37F3O6. The molecule has 0 aliphatic heterocycles. The van der Waals surface area contributed by atoms with Crippen LogP contribution in [0.5, 0.6) is 0 Å². The Hall–Kier alpha value is -2.16. The number of ether oxygens (including phenoxy) is 2. The summed E-state index contributed by atoms with van der Waals surface area (Å²) < 4.78 is 57.4. The van der Waals surface area contributed by atoms with Crippen LogP contribution in [0.1, 0.15) is 72.1 Å². The Kier molecular flexibility index (Phi) is 6.64. The molecule has 0 radical (unpaired) electrons. The zero-order chi connectivity index (χ0) is 27.7. The Morgan fingerprint density at radius 2 is 1.82 bits per heavy atom. The van der Waals surface area contributed by atoms with Crippen LogP contribution in [0.2, 0.25) is 0 Å². The number of allylic oxidation sites excluding steroid dienone is 4. The van der Waals surface area contributed by atoms with E-state index in [1.54, 1.807) is 13.8 Å². The molecule has 0 heterocycles. The Morgan fingerprint density at radius 1 is 1.13 bits per heavy atom. The van der Waals surface area contributed by atoms with E-state index in [4.69, 9.17) is 9.47 Å². The highest BCUT2D eigenvalue weighted by Gasteiger charge is 2.78. The monoisotopic (exact) mass is 538 g/mol. The summed E-state index contributed by atoms with van der Waals surface area (Å²) in [6.45, 7) is 3.41. The first-order chi connectivity index (χ1) is 17.9. The maximum atomic E-state index is 17.4. The Labute approximate surface area is 221 Å². The number of aliphatic hydroxyl groups excluding tert-OH is 1. The van der Waals surface area contributed by atoms with E-state index in [9.17, 15) is 23.9 Å². The van der Waals surface area contributed by atoms with Gasteiger partial charge < -0.3 is 14.6 Å². The Morgan fingerprint density at radius 3 is 2.47 bits per heavy atom.